The van der Waals surface area contributed by atoms with Crippen LogP contribution in [0.2, 0.25) is 0 Å². The van der Waals surface area contributed by atoms with Crippen molar-refractivity contribution in [3.63, 3.8) is 0 Å². The van der Waals surface area contributed by atoms with Crippen LogP contribution < -0.4 is 5.73 Å². The largest absolute Gasteiger partial charge is 0.330 e. The van der Waals surface area contributed by atoms with Gasteiger partial charge in [-0.25, -0.2) is 0 Å². The Morgan fingerprint density at radius 1 is 1.56 bits per heavy atom. The van der Waals surface area contributed by atoms with Crippen LogP contribution >= 0.6 is 27.3 Å². The van der Waals surface area contributed by atoms with Gasteiger partial charge in [-0.1, -0.05) is 13.3 Å². The summed E-state index contributed by atoms with van der Waals surface area (Å²) in [6.07, 6.45) is 2.45. The maximum absolute atomic E-state index is 5.77. The highest BCUT2D eigenvalue weighted by Crippen LogP contribution is 2.21. The molecule has 2 N–H and O–H groups in total. The van der Waals surface area contributed by atoms with E-state index in [1.807, 2.05) is 0 Å². The van der Waals surface area contributed by atoms with Crippen molar-refractivity contribution in [3.05, 3.63) is 20.8 Å². The van der Waals surface area contributed by atoms with Crippen LogP contribution in [0.4, 0.5) is 0 Å². The third kappa shape index (κ3) is 4.95. The van der Waals surface area contributed by atoms with Crippen molar-refractivity contribution in [2.45, 2.75) is 26.3 Å². The summed E-state index contributed by atoms with van der Waals surface area (Å²) in [5.74, 6) is 0.637. The SMILES string of the molecule is CCCC(CN)CN(C)Cc1cc(Br)cs1. The zero-order valence-electron chi connectivity index (χ0n) is 10.1. The predicted octanol–water partition coefficient (Wildman–Crippen LogP) is 3.32. The van der Waals surface area contributed by atoms with E-state index in [1.54, 1.807) is 11.3 Å². The molecule has 0 spiro atoms. The van der Waals surface area contributed by atoms with Gasteiger partial charge in [0.1, 0.15) is 0 Å². The first-order valence-corrected chi connectivity index (χ1v) is 7.44. The van der Waals surface area contributed by atoms with E-state index in [9.17, 15) is 0 Å². The zero-order valence-corrected chi connectivity index (χ0v) is 12.5. The third-order valence-corrected chi connectivity index (χ3v) is 4.33. The summed E-state index contributed by atoms with van der Waals surface area (Å²) in [6, 6.07) is 2.19. The molecular formula is C12H21BrN2S. The number of halogens is 1. The van der Waals surface area contributed by atoms with Crippen LogP contribution in [0.3, 0.4) is 0 Å². The topological polar surface area (TPSA) is 29.3 Å². The Morgan fingerprint density at radius 3 is 2.81 bits per heavy atom. The fourth-order valence-electron chi connectivity index (χ4n) is 1.90. The lowest BCUT2D eigenvalue weighted by Gasteiger charge is -2.22. The Hall–Kier alpha value is 0.1000. The fourth-order valence-corrected chi connectivity index (χ4v) is 3.43. The Balaban J connectivity index is 2.37. The average molecular weight is 305 g/mol. The Morgan fingerprint density at radius 2 is 2.31 bits per heavy atom. The maximum atomic E-state index is 5.77. The van der Waals surface area contributed by atoms with E-state index in [0.717, 1.165) is 19.6 Å². The maximum Gasteiger partial charge on any atom is 0.0325 e. The number of nitrogens with two attached hydrogens (primary N) is 1. The van der Waals surface area contributed by atoms with Crippen LogP contribution in [-0.2, 0) is 6.54 Å². The van der Waals surface area contributed by atoms with Gasteiger partial charge in [-0.2, -0.15) is 0 Å². The molecule has 1 atom stereocenters. The number of thiophene rings is 1. The second-order valence-electron chi connectivity index (χ2n) is 4.32. The lowest BCUT2D eigenvalue weighted by Crippen LogP contribution is -2.29. The molecule has 4 heteroatoms. The minimum Gasteiger partial charge on any atom is -0.330 e. The first kappa shape index (κ1) is 14.2. The van der Waals surface area contributed by atoms with Gasteiger partial charge in [-0.3, -0.25) is 0 Å². The standard InChI is InChI=1S/C12H21BrN2S/c1-3-4-10(6-14)7-15(2)8-12-5-11(13)9-16-12/h5,9-10H,3-4,6-8,14H2,1-2H3. The smallest absolute Gasteiger partial charge is 0.0325 e. The van der Waals surface area contributed by atoms with Gasteiger partial charge in [0.25, 0.3) is 0 Å². The molecule has 1 heterocycles. The summed E-state index contributed by atoms with van der Waals surface area (Å²) < 4.78 is 1.19. The quantitative estimate of drug-likeness (QED) is 0.837. The Kier molecular flexibility index (Phi) is 6.58. The minimum absolute atomic E-state index is 0.637. The summed E-state index contributed by atoms with van der Waals surface area (Å²) in [6.45, 7) is 5.14. The van der Waals surface area contributed by atoms with E-state index in [4.69, 9.17) is 5.73 Å². The normalized spacial score (nSPS) is 13.3. The van der Waals surface area contributed by atoms with E-state index >= 15 is 0 Å². The van der Waals surface area contributed by atoms with Gasteiger partial charge in [0, 0.05) is 27.8 Å². The van der Waals surface area contributed by atoms with Gasteiger partial charge in [-0.15, -0.1) is 11.3 Å². The molecule has 0 aliphatic heterocycles. The van der Waals surface area contributed by atoms with Gasteiger partial charge in [0.15, 0.2) is 0 Å². The monoisotopic (exact) mass is 304 g/mol. The molecule has 1 unspecified atom stereocenters. The molecule has 0 saturated heterocycles. The van der Waals surface area contributed by atoms with E-state index in [0.29, 0.717) is 5.92 Å². The molecule has 0 radical (unpaired) electrons. The van der Waals surface area contributed by atoms with Crippen molar-refractivity contribution < 1.29 is 0 Å². The molecule has 0 bridgehead atoms. The lowest BCUT2D eigenvalue weighted by atomic mass is 10.0. The molecule has 2 nitrogen and oxygen atoms in total. The van der Waals surface area contributed by atoms with Crippen LogP contribution in [0.1, 0.15) is 24.6 Å². The number of hydrogen-bond acceptors (Lipinski definition) is 3. The van der Waals surface area contributed by atoms with E-state index in [1.165, 1.54) is 22.2 Å². The average Bonchev–Trinajstić information content (AvgIpc) is 2.63. The van der Waals surface area contributed by atoms with Gasteiger partial charge in [-0.05, 0) is 47.9 Å². The second-order valence-corrected chi connectivity index (χ2v) is 6.23. The summed E-state index contributed by atoms with van der Waals surface area (Å²) >= 11 is 5.29. The molecule has 1 aromatic heterocycles. The number of hydrogen-bond donors (Lipinski definition) is 1. The number of nitrogens with zero attached hydrogens (tertiary/aromatic N) is 1. The third-order valence-electron chi connectivity index (χ3n) is 2.65. The molecule has 0 fully saturated rings. The van der Waals surface area contributed by atoms with Crippen molar-refractivity contribution >= 4 is 27.3 Å². The van der Waals surface area contributed by atoms with Crippen LogP contribution in [0.15, 0.2) is 15.9 Å². The van der Waals surface area contributed by atoms with Crippen LogP contribution in [0.5, 0.6) is 0 Å². The molecule has 1 aromatic rings. The highest BCUT2D eigenvalue weighted by molar-refractivity contribution is 9.10. The fraction of sp³-hybridized carbons (Fsp3) is 0.667. The zero-order chi connectivity index (χ0) is 12.0. The van der Waals surface area contributed by atoms with Crippen molar-refractivity contribution in [2.24, 2.45) is 11.7 Å². The molecule has 92 valence electrons. The van der Waals surface area contributed by atoms with Crippen molar-refractivity contribution in [2.75, 3.05) is 20.1 Å². The highest BCUT2D eigenvalue weighted by Gasteiger charge is 2.10. The summed E-state index contributed by atoms with van der Waals surface area (Å²) in [4.78, 5) is 3.77. The second kappa shape index (κ2) is 7.43. The Labute approximate surface area is 111 Å². The van der Waals surface area contributed by atoms with E-state index in [2.05, 4.69) is 46.2 Å². The summed E-state index contributed by atoms with van der Waals surface area (Å²) in [7, 11) is 2.17. The van der Waals surface area contributed by atoms with Gasteiger partial charge in [0.05, 0.1) is 0 Å². The molecule has 0 amide bonds. The van der Waals surface area contributed by atoms with Crippen molar-refractivity contribution in [3.8, 4) is 0 Å². The van der Waals surface area contributed by atoms with Crippen molar-refractivity contribution in [1.82, 2.24) is 4.90 Å². The van der Waals surface area contributed by atoms with Gasteiger partial charge < -0.3 is 10.6 Å². The summed E-state index contributed by atoms with van der Waals surface area (Å²) in [5, 5.41) is 2.13. The van der Waals surface area contributed by atoms with Crippen molar-refractivity contribution in [1.29, 1.82) is 0 Å². The lowest BCUT2D eigenvalue weighted by molar-refractivity contribution is 0.264. The van der Waals surface area contributed by atoms with Crippen LogP contribution in [-0.4, -0.2) is 25.0 Å². The summed E-state index contributed by atoms with van der Waals surface area (Å²) in [5.41, 5.74) is 5.77. The molecular weight excluding hydrogens is 284 g/mol. The molecule has 0 aliphatic rings. The first-order chi connectivity index (χ1) is 7.65. The molecule has 1 rings (SSSR count). The van der Waals surface area contributed by atoms with Gasteiger partial charge >= 0.3 is 0 Å². The molecule has 0 saturated carbocycles. The van der Waals surface area contributed by atoms with Crippen LogP contribution in [0, 0.1) is 5.92 Å². The van der Waals surface area contributed by atoms with E-state index < -0.39 is 0 Å². The molecule has 16 heavy (non-hydrogen) atoms. The van der Waals surface area contributed by atoms with Gasteiger partial charge in [0.2, 0.25) is 0 Å². The first-order valence-electron chi connectivity index (χ1n) is 5.77. The number of rotatable bonds is 7. The minimum atomic E-state index is 0.637. The van der Waals surface area contributed by atoms with Crippen LogP contribution in [0.25, 0.3) is 0 Å². The highest BCUT2D eigenvalue weighted by atomic mass is 79.9. The molecule has 0 aromatic carbocycles. The van der Waals surface area contributed by atoms with E-state index in [-0.39, 0.29) is 0 Å². The predicted molar refractivity (Wildman–Crippen MR) is 75.8 cm³/mol. The Bertz CT molecular complexity index is 301. The molecule has 0 aliphatic carbocycles.